The highest BCUT2D eigenvalue weighted by Gasteiger charge is 2.28. The lowest BCUT2D eigenvalue weighted by Gasteiger charge is -2.34. The summed E-state index contributed by atoms with van der Waals surface area (Å²) in [5, 5.41) is 0. The molecule has 1 aromatic rings. The maximum absolute atomic E-state index is 6.15. The van der Waals surface area contributed by atoms with Gasteiger partial charge in [0.1, 0.15) is 0 Å². The molecule has 0 heterocycles. The summed E-state index contributed by atoms with van der Waals surface area (Å²) >= 11 is 0. The van der Waals surface area contributed by atoms with Gasteiger partial charge in [0.05, 0.1) is 0 Å². The molecular formula is C14H22N. The van der Waals surface area contributed by atoms with Crippen LogP contribution in [0.4, 0.5) is 0 Å². The average molecular weight is 204 g/mol. The minimum atomic E-state index is -0.0178. The Bertz CT molecular complexity index is 281. The lowest BCUT2D eigenvalue weighted by molar-refractivity contribution is 0.276. The van der Waals surface area contributed by atoms with Crippen molar-refractivity contribution in [1.29, 1.82) is 0 Å². The van der Waals surface area contributed by atoms with Crippen molar-refractivity contribution in [3.05, 3.63) is 42.8 Å². The van der Waals surface area contributed by atoms with Crippen molar-refractivity contribution < 1.29 is 0 Å². The lowest BCUT2D eigenvalue weighted by atomic mass is 9.74. The summed E-state index contributed by atoms with van der Waals surface area (Å²) in [4.78, 5) is 0. The Kier molecular flexibility index (Phi) is 4.34. The lowest BCUT2D eigenvalue weighted by Crippen LogP contribution is -2.40. The molecule has 0 aliphatic rings. The highest BCUT2D eigenvalue weighted by molar-refractivity contribution is 5.17. The Hall–Kier alpha value is -0.820. The van der Waals surface area contributed by atoms with Crippen LogP contribution in [0.5, 0.6) is 0 Å². The van der Waals surface area contributed by atoms with E-state index in [4.69, 9.17) is 5.73 Å². The first-order valence-corrected chi connectivity index (χ1v) is 5.77. The van der Waals surface area contributed by atoms with E-state index in [-0.39, 0.29) is 11.5 Å². The zero-order chi connectivity index (χ0) is 11.3. The van der Waals surface area contributed by atoms with Crippen LogP contribution in [0.15, 0.2) is 30.3 Å². The molecule has 0 bridgehead atoms. The molecule has 0 saturated heterocycles. The topological polar surface area (TPSA) is 26.0 Å². The van der Waals surface area contributed by atoms with E-state index in [9.17, 15) is 0 Å². The molecule has 2 N–H and O–H groups in total. The van der Waals surface area contributed by atoms with Gasteiger partial charge in [0.15, 0.2) is 0 Å². The molecule has 15 heavy (non-hydrogen) atoms. The molecule has 83 valence electrons. The van der Waals surface area contributed by atoms with E-state index in [1.54, 1.807) is 0 Å². The fourth-order valence-electron chi connectivity index (χ4n) is 1.95. The van der Waals surface area contributed by atoms with Crippen LogP contribution < -0.4 is 5.73 Å². The second kappa shape index (κ2) is 5.32. The third-order valence-corrected chi connectivity index (χ3v) is 3.33. The molecule has 1 rings (SSSR count). The van der Waals surface area contributed by atoms with Crippen LogP contribution >= 0.6 is 0 Å². The van der Waals surface area contributed by atoms with Crippen LogP contribution in [0, 0.1) is 12.3 Å². The number of hydrogen-bond donors (Lipinski definition) is 1. The predicted octanol–water partition coefficient (Wildman–Crippen LogP) is 3.20. The normalized spacial score (nSPS) is 17.1. The standard InChI is InChI=1S/C14H22N/c1-4-13(15)14(3,5-2)11-12-9-7-6-8-10-12/h6-10,13H,3-5,11,15H2,1-2H3. The average Bonchev–Trinajstić information content (AvgIpc) is 2.29. The van der Waals surface area contributed by atoms with E-state index in [0.717, 1.165) is 19.3 Å². The van der Waals surface area contributed by atoms with E-state index in [1.165, 1.54) is 5.56 Å². The van der Waals surface area contributed by atoms with Crippen molar-refractivity contribution in [2.24, 2.45) is 11.1 Å². The third kappa shape index (κ3) is 3.07. The van der Waals surface area contributed by atoms with E-state index >= 15 is 0 Å². The molecule has 1 radical (unpaired) electrons. The summed E-state index contributed by atoms with van der Waals surface area (Å²) in [6.45, 7) is 8.63. The first kappa shape index (κ1) is 12.3. The predicted molar refractivity (Wildman–Crippen MR) is 66.5 cm³/mol. The van der Waals surface area contributed by atoms with E-state index in [1.807, 2.05) is 6.07 Å². The van der Waals surface area contributed by atoms with Crippen molar-refractivity contribution in [2.45, 2.75) is 39.2 Å². The van der Waals surface area contributed by atoms with Crippen molar-refractivity contribution in [3.63, 3.8) is 0 Å². The summed E-state index contributed by atoms with van der Waals surface area (Å²) < 4.78 is 0. The summed E-state index contributed by atoms with van der Waals surface area (Å²) in [5.41, 5.74) is 7.46. The van der Waals surface area contributed by atoms with Gasteiger partial charge >= 0.3 is 0 Å². The summed E-state index contributed by atoms with van der Waals surface area (Å²) in [6.07, 6.45) is 2.99. The van der Waals surface area contributed by atoms with Crippen molar-refractivity contribution in [3.8, 4) is 0 Å². The van der Waals surface area contributed by atoms with E-state index < -0.39 is 0 Å². The van der Waals surface area contributed by atoms with Crippen molar-refractivity contribution in [2.75, 3.05) is 0 Å². The van der Waals surface area contributed by atoms with Crippen molar-refractivity contribution >= 4 is 0 Å². The Morgan fingerprint density at radius 1 is 1.27 bits per heavy atom. The Morgan fingerprint density at radius 2 is 1.87 bits per heavy atom. The van der Waals surface area contributed by atoms with Gasteiger partial charge in [0.2, 0.25) is 0 Å². The molecule has 1 aromatic carbocycles. The summed E-state index contributed by atoms with van der Waals surface area (Å²) in [7, 11) is 0. The molecule has 0 aliphatic heterocycles. The van der Waals surface area contributed by atoms with Gasteiger partial charge in [-0.05, 0) is 37.2 Å². The maximum atomic E-state index is 6.15. The quantitative estimate of drug-likeness (QED) is 0.783. The molecule has 1 nitrogen and oxygen atoms in total. The van der Waals surface area contributed by atoms with Gasteiger partial charge in [-0.15, -0.1) is 0 Å². The van der Waals surface area contributed by atoms with Crippen molar-refractivity contribution in [1.82, 2.24) is 0 Å². The van der Waals surface area contributed by atoms with Gasteiger partial charge in [0, 0.05) is 6.04 Å². The largest absolute Gasteiger partial charge is 0.327 e. The van der Waals surface area contributed by atoms with Crippen LogP contribution in [0.3, 0.4) is 0 Å². The SMILES string of the molecule is [CH2]C(CC)(Cc1ccccc1)C(N)CC. The van der Waals surface area contributed by atoms with Crippen LogP contribution in [-0.2, 0) is 6.42 Å². The summed E-state index contributed by atoms with van der Waals surface area (Å²) in [5.74, 6) is 0. The summed E-state index contributed by atoms with van der Waals surface area (Å²) in [6, 6.07) is 10.7. The van der Waals surface area contributed by atoms with Crippen LogP contribution in [0.1, 0.15) is 32.3 Å². The molecule has 0 amide bonds. The number of nitrogens with two attached hydrogens (primary N) is 1. The smallest absolute Gasteiger partial charge is 0.00960 e. The van der Waals surface area contributed by atoms with Crippen LogP contribution in [0.25, 0.3) is 0 Å². The first-order valence-electron chi connectivity index (χ1n) is 5.77. The van der Waals surface area contributed by atoms with E-state index in [0.29, 0.717) is 0 Å². The van der Waals surface area contributed by atoms with Gasteiger partial charge in [-0.1, -0.05) is 44.2 Å². The minimum absolute atomic E-state index is 0.0178. The van der Waals surface area contributed by atoms with Gasteiger partial charge in [-0.25, -0.2) is 0 Å². The molecule has 0 spiro atoms. The number of hydrogen-bond acceptors (Lipinski definition) is 1. The van der Waals surface area contributed by atoms with Gasteiger partial charge in [-0.3, -0.25) is 0 Å². The molecule has 0 saturated carbocycles. The van der Waals surface area contributed by atoms with Gasteiger partial charge in [0.25, 0.3) is 0 Å². The molecule has 2 unspecified atom stereocenters. The zero-order valence-corrected chi connectivity index (χ0v) is 9.87. The second-order valence-electron chi connectivity index (χ2n) is 4.39. The third-order valence-electron chi connectivity index (χ3n) is 3.33. The maximum Gasteiger partial charge on any atom is 0.00960 e. The van der Waals surface area contributed by atoms with Crippen LogP contribution in [-0.4, -0.2) is 6.04 Å². The van der Waals surface area contributed by atoms with Crippen LogP contribution in [0.2, 0.25) is 0 Å². The molecule has 2 atom stereocenters. The monoisotopic (exact) mass is 204 g/mol. The highest BCUT2D eigenvalue weighted by atomic mass is 14.7. The number of benzene rings is 1. The van der Waals surface area contributed by atoms with Gasteiger partial charge in [-0.2, -0.15) is 0 Å². The first-order chi connectivity index (χ1) is 7.12. The fraction of sp³-hybridized carbons (Fsp3) is 0.500. The molecule has 0 fully saturated rings. The Balaban J connectivity index is 2.77. The Morgan fingerprint density at radius 3 is 2.33 bits per heavy atom. The van der Waals surface area contributed by atoms with Gasteiger partial charge < -0.3 is 5.73 Å². The minimum Gasteiger partial charge on any atom is -0.327 e. The fourth-order valence-corrected chi connectivity index (χ4v) is 1.95. The Labute approximate surface area is 93.7 Å². The second-order valence-corrected chi connectivity index (χ2v) is 4.39. The van der Waals surface area contributed by atoms with E-state index in [2.05, 4.69) is 45.0 Å². The molecular weight excluding hydrogens is 182 g/mol. The molecule has 0 aliphatic carbocycles. The highest BCUT2D eigenvalue weighted by Crippen LogP contribution is 2.30. The molecule has 1 heteroatoms. The zero-order valence-electron chi connectivity index (χ0n) is 9.87. The molecule has 0 aromatic heterocycles. The number of rotatable bonds is 5.